The van der Waals surface area contributed by atoms with E-state index < -0.39 is 12.1 Å². The quantitative estimate of drug-likeness (QED) is 0.749. The fraction of sp³-hybridized carbons (Fsp3) is 0.714. The predicted octanol–water partition coefficient (Wildman–Crippen LogP) is 0.498. The largest absolute Gasteiger partial charge is 0.471 e. The third-order valence-corrected chi connectivity index (χ3v) is 2.06. The van der Waals surface area contributed by atoms with Crippen LogP contribution in [0.25, 0.3) is 0 Å². The van der Waals surface area contributed by atoms with Gasteiger partial charge in [0.05, 0.1) is 0 Å². The molecule has 5 nitrogen and oxygen atoms in total. The van der Waals surface area contributed by atoms with E-state index in [1.165, 1.54) is 0 Å². The molecule has 0 saturated carbocycles. The van der Waals surface area contributed by atoms with E-state index in [0.717, 1.165) is 0 Å². The summed E-state index contributed by atoms with van der Waals surface area (Å²) in [6, 6.07) is 0. The molecule has 0 unspecified atom stereocenters. The van der Waals surface area contributed by atoms with E-state index in [2.05, 4.69) is 20.0 Å². The van der Waals surface area contributed by atoms with E-state index in [0.29, 0.717) is 26.2 Å². The van der Waals surface area contributed by atoms with Gasteiger partial charge < -0.3 is 14.7 Å². The molecule has 84 valence electrons. The number of anilines is 1. The van der Waals surface area contributed by atoms with Crippen molar-refractivity contribution >= 4 is 5.95 Å². The lowest BCUT2D eigenvalue weighted by atomic mass is 10.4. The van der Waals surface area contributed by atoms with E-state index >= 15 is 0 Å². The number of alkyl halides is 3. The van der Waals surface area contributed by atoms with Gasteiger partial charge in [0.1, 0.15) is 0 Å². The van der Waals surface area contributed by atoms with Crippen LogP contribution in [-0.4, -0.2) is 36.3 Å². The molecule has 0 bridgehead atoms. The molecule has 2 heterocycles. The Morgan fingerprint density at radius 2 is 1.93 bits per heavy atom. The van der Waals surface area contributed by atoms with Crippen molar-refractivity contribution in [2.75, 3.05) is 31.1 Å². The van der Waals surface area contributed by atoms with Gasteiger partial charge in [-0.1, -0.05) is 0 Å². The zero-order valence-electron chi connectivity index (χ0n) is 7.71. The summed E-state index contributed by atoms with van der Waals surface area (Å²) in [4.78, 5) is 4.95. The highest BCUT2D eigenvalue weighted by Crippen LogP contribution is 2.28. The maximum atomic E-state index is 12.1. The minimum absolute atomic E-state index is 0.00354. The molecule has 1 saturated heterocycles. The van der Waals surface area contributed by atoms with Gasteiger partial charge in [-0.2, -0.15) is 18.2 Å². The Hall–Kier alpha value is -1.31. The summed E-state index contributed by atoms with van der Waals surface area (Å²) in [5.74, 6) is -1.29. The van der Waals surface area contributed by atoms with Crippen molar-refractivity contribution in [1.29, 1.82) is 0 Å². The van der Waals surface area contributed by atoms with Crippen molar-refractivity contribution in [2.45, 2.75) is 6.18 Å². The average molecular weight is 222 g/mol. The topological polar surface area (TPSA) is 54.2 Å². The molecule has 1 aromatic rings. The summed E-state index contributed by atoms with van der Waals surface area (Å²) in [6.45, 7) is 2.57. The predicted molar refractivity (Wildman–Crippen MR) is 44.4 cm³/mol. The highest BCUT2D eigenvalue weighted by Gasteiger charge is 2.39. The van der Waals surface area contributed by atoms with Gasteiger partial charge in [-0.15, -0.1) is 0 Å². The summed E-state index contributed by atoms with van der Waals surface area (Å²) in [5.41, 5.74) is 0. The Kier molecular flexibility index (Phi) is 2.51. The molecule has 1 aliphatic rings. The fourth-order valence-electron chi connectivity index (χ4n) is 1.32. The van der Waals surface area contributed by atoms with Crippen LogP contribution in [0.5, 0.6) is 0 Å². The first kappa shape index (κ1) is 10.2. The van der Waals surface area contributed by atoms with Crippen LogP contribution >= 0.6 is 0 Å². The summed E-state index contributed by atoms with van der Waals surface area (Å²) in [5, 5.41) is 6.37. The molecular weight excluding hydrogens is 213 g/mol. The number of nitrogens with one attached hydrogen (secondary N) is 1. The second-order valence-electron chi connectivity index (χ2n) is 3.13. The van der Waals surface area contributed by atoms with Crippen molar-refractivity contribution < 1.29 is 17.7 Å². The van der Waals surface area contributed by atoms with Crippen LogP contribution in [0.1, 0.15) is 5.89 Å². The van der Waals surface area contributed by atoms with Gasteiger partial charge in [-0.3, -0.25) is 0 Å². The molecule has 0 aromatic carbocycles. The van der Waals surface area contributed by atoms with E-state index in [1.807, 2.05) is 0 Å². The molecule has 0 amide bonds. The average Bonchev–Trinajstić information content (AvgIpc) is 2.67. The molecule has 1 aromatic heterocycles. The summed E-state index contributed by atoms with van der Waals surface area (Å²) in [7, 11) is 0. The third kappa shape index (κ3) is 2.20. The van der Waals surface area contributed by atoms with Crippen molar-refractivity contribution in [3.8, 4) is 0 Å². The van der Waals surface area contributed by atoms with E-state index in [-0.39, 0.29) is 5.95 Å². The van der Waals surface area contributed by atoms with E-state index in [1.54, 1.807) is 4.90 Å². The van der Waals surface area contributed by atoms with Crippen LogP contribution in [0.3, 0.4) is 0 Å². The summed E-state index contributed by atoms with van der Waals surface area (Å²) < 4.78 is 40.6. The van der Waals surface area contributed by atoms with Crippen LogP contribution < -0.4 is 10.2 Å². The van der Waals surface area contributed by atoms with Gasteiger partial charge >= 0.3 is 12.1 Å². The zero-order valence-corrected chi connectivity index (χ0v) is 7.71. The number of halogens is 3. The maximum absolute atomic E-state index is 12.1. The highest BCUT2D eigenvalue weighted by atomic mass is 19.4. The first-order valence-electron chi connectivity index (χ1n) is 4.44. The number of aromatic nitrogens is 2. The maximum Gasteiger partial charge on any atom is 0.471 e. The Bertz CT molecular complexity index is 331. The first-order valence-corrected chi connectivity index (χ1v) is 4.44. The number of hydrogen-bond acceptors (Lipinski definition) is 5. The molecule has 8 heteroatoms. The monoisotopic (exact) mass is 222 g/mol. The zero-order chi connectivity index (χ0) is 10.9. The Morgan fingerprint density at radius 3 is 2.47 bits per heavy atom. The minimum atomic E-state index is -4.57. The van der Waals surface area contributed by atoms with Gasteiger partial charge in [-0.05, 0) is 5.16 Å². The standard InChI is InChI=1S/C7H9F3N4O/c8-7(9,10)5-12-6(13-15-5)14-3-1-11-2-4-14/h11H,1-4H2. The summed E-state index contributed by atoms with van der Waals surface area (Å²) >= 11 is 0. The van der Waals surface area contributed by atoms with Crippen LogP contribution in [0.15, 0.2) is 4.52 Å². The lowest BCUT2D eigenvalue weighted by Gasteiger charge is -2.25. The normalized spacial score (nSPS) is 18.2. The first-order chi connectivity index (χ1) is 7.07. The number of hydrogen-bond donors (Lipinski definition) is 1. The molecule has 1 N–H and O–H groups in total. The second-order valence-corrected chi connectivity index (χ2v) is 3.13. The Balaban J connectivity index is 2.12. The Labute approximate surface area is 83.2 Å². The smallest absolute Gasteiger partial charge is 0.336 e. The molecule has 0 atom stereocenters. The van der Waals surface area contributed by atoms with Gasteiger partial charge in [-0.25, -0.2) is 0 Å². The van der Waals surface area contributed by atoms with Crippen LogP contribution in [0, 0.1) is 0 Å². The number of rotatable bonds is 1. The molecule has 0 spiro atoms. The van der Waals surface area contributed by atoms with Gasteiger partial charge in [0.2, 0.25) is 0 Å². The molecular formula is C7H9F3N4O. The third-order valence-electron chi connectivity index (χ3n) is 2.06. The SMILES string of the molecule is FC(F)(F)c1nc(N2CCNCC2)no1. The van der Waals surface area contributed by atoms with Crippen LogP contribution in [0.4, 0.5) is 19.1 Å². The highest BCUT2D eigenvalue weighted by molar-refractivity contribution is 5.28. The summed E-state index contributed by atoms with van der Waals surface area (Å²) in [6.07, 6.45) is -4.57. The molecule has 0 radical (unpaired) electrons. The van der Waals surface area contributed by atoms with Crippen molar-refractivity contribution in [2.24, 2.45) is 0 Å². The van der Waals surface area contributed by atoms with Crippen molar-refractivity contribution in [1.82, 2.24) is 15.5 Å². The number of piperazine rings is 1. The minimum Gasteiger partial charge on any atom is -0.336 e. The fourth-order valence-corrected chi connectivity index (χ4v) is 1.32. The Morgan fingerprint density at radius 1 is 1.27 bits per heavy atom. The van der Waals surface area contributed by atoms with Crippen LogP contribution in [0.2, 0.25) is 0 Å². The van der Waals surface area contributed by atoms with Crippen molar-refractivity contribution in [3.05, 3.63) is 5.89 Å². The van der Waals surface area contributed by atoms with Gasteiger partial charge in [0.25, 0.3) is 5.95 Å². The van der Waals surface area contributed by atoms with E-state index in [4.69, 9.17) is 0 Å². The molecule has 1 aliphatic heterocycles. The van der Waals surface area contributed by atoms with Crippen molar-refractivity contribution in [3.63, 3.8) is 0 Å². The second kappa shape index (κ2) is 3.69. The molecule has 15 heavy (non-hydrogen) atoms. The lowest BCUT2D eigenvalue weighted by Crippen LogP contribution is -2.44. The van der Waals surface area contributed by atoms with Gasteiger partial charge in [0, 0.05) is 26.2 Å². The van der Waals surface area contributed by atoms with E-state index in [9.17, 15) is 13.2 Å². The molecule has 2 rings (SSSR count). The number of nitrogens with zero attached hydrogens (tertiary/aromatic N) is 3. The van der Waals surface area contributed by atoms with Gasteiger partial charge in [0.15, 0.2) is 0 Å². The molecule has 0 aliphatic carbocycles. The lowest BCUT2D eigenvalue weighted by molar-refractivity contribution is -0.159. The van der Waals surface area contributed by atoms with Crippen LogP contribution in [-0.2, 0) is 6.18 Å². The molecule has 1 fully saturated rings.